The highest BCUT2D eigenvalue weighted by atomic mass is 16.3. The molecule has 0 bridgehead atoms. The predicted octanol–water partition coefficient (Wildman–Crippen LogP) is 4.32. The van der Waals surface area contributed by atoms with Gasteiger partial charge in [-0.1, -0.05) is 57.5 Å². The van der Waals surface area contributed by atoms with Crippen molar-refractivity contribution in [3.05, 3.63) is 35.9 Å². The molecule has 0 radical (unpaired) electrons. The summed E-state index contributed by atoms with van der Waals surface area (Å²) in [5, 5.41) is 21.5. The zero-order valence-corrected chi connectivity index (χ0v) is 13.6. The van der Waals surface area contributed by atoms with E-state index in [4.69, 9.17) is 0 Å². The zero-order chi connectivity index (χ0) is 15.5. The highest BCUT2D eigenvalue weighted by molar-refractivity contribution is 5.17. The molecule has 1 aromatic rings. The summed E-state index contributed by atoms with van der Waals surface area (Å²) in [7, 11) is 0. The van der Waals surface area contributed by atoms with Gasteiger partial charge in [0, 0.05) is 0 Å². The van der Waals surface area contributed by atoms with Crippen molar-refractivity contribution in [3.63, 3.8) is 0 Å². The van der Waals surface area contributed by atoms with Crippen LogP contribution in [0.3, 0.4) is 0 Å². The molecule has 1 aliphatic carbocycles. The van der Waals surface area contributed by atoms with Gasteiger partial charge in [0.1, 0.15) is 0 Å². The molecular weight excluding hydrogens is 260 g/mol. The third-order valence-electron chi connectivity index (χ3n) is 5.20. The van der Waals surface area contributed by atoms with Gasteiger partial charge in [0.25, 0.3) is 0 Å². The molecule has 0 amide bonds. The van der Waals surface area contributed by atoms with Crippen LogP contribution in [0.4, 0.5) is 0 Å². The lowest BCUT2D eigenvalue weighted by Gasteiger charge is -2.45. The molecular formula is C19H30O2. The number of hydrogen-bond donors (Lipinski definition) is 2. The van der Waals surface area contributed by atoms with Gasteiger partial charge in [0.15, 0.2) is 0 Å². The number of benzene rings is 1. The Kier molecular flexibility index (Phi) is 5.45. The van der Waals surface area contributed by atoms with E-state index in [1.54, 1.807) is 0 Å². The van der Waals surface area contributed by atoms with E-state index in [1.165, 1.54) is 6.42 Å². The number of aliphatic hydroxyl groups is 2. The van der Waals surface area contributed by atoms with Gasteiger partial charge >= 0.3 is 0 Å². The van der Waals surface area contributed by atoms with E-state index >= 15 is 0 Å². The first-order valence-electron chi connectivity index (χ1n) is 8.38. The quantitative estimate of drug-likeness (QED) is 0.847. The summed E-state index contributed by atoms with van der Waals surface area (Å²) in [6, 6.07) is 9.78. The van der Waals surface area contributed by atoms with Gasteiger partial charge in [-0.05, 0) is 49.0 Å². The summed E-state index contributed by atoms with van der Waals surface area (Å²) in [5.41, 5.74) is 0.341. The van der Waals surface area contributed by atoms with Crippen molar-refractivity contribution in [2.45, 2.75) is 64.6 Å². The molecule has 4 atom stereocenters. The van der Waals surface area contributed by atoms with Crippen LogP contribution in [0.1, 0.15) is 64.5 Å². The van der Waals surface area contributed by atoms with Crippen LogP contribution in [0.15, 0.2) is 30.3 Å². The van der Waals surface area contributed by atoms with Crippen molar-refractivity contribution < 1.29 is 10.2 Å². The van der Waals surface area contributed by atoms with Crippen LogP contribution in [0, 0.1) is 17.8 Å². The van der Waals surface area contributed by atoms with Crippen LogP contribution in [0.5, 0.6) is 0 Å². The maximum Gasteiger partial charge on any atom is 0.0791 e. The third-order valence-corrected chi connectivity index (χ3v) is 5.20. The summed E-state index contributed by atoms with van der Waals surface area (Å²) < 4.78 is 0. The average Bonchev–Trinajstić information content (AvgIpc) is 2.45. The van der Waals surface area contributed by atoms with Gasteiger partial charge in [-0.3, -0.25) is 0 Å². The molecule has 21 heavy (non-hydrogen) atoms. The molecule has 0 unspecified atom stereocenters. The minimum atomic E-state index is -0.610. The standard InChI is InChI=1S/C19H30O2/c1-14(2)17-10-9-15(3)13-19(17,21)12-11-18(20)16-7-5-4-6-8-16/h4-8,14-15,17-18,20-21H,9-13H2,1-3H3/t15-,17+,18-,19+/m1/s1. The van der Waals surface area contributed by atoms with Crippen LogP contribution in [-0.4, -0.2) is 15.8 Å². The maximum absolute atomic E-state index is 11.2. The van der Waals surface area contributed by atoms with Gasteiger partial charge in [-0.25, -0.2) is 0 Å². The van der Waals surface area contributed by atoms with E-state index in [-0.39, 0.29) is 0 Å². The van der Waals surface area contributed by atoms with Crippen LogP contribution < -0.4 is 0 Å². The Morgan fingerprint density at radius 2 is 1.86 bits per heavy atom. The summed E-state index contributed by atoms with van der Waals surface area (Å²) >= 11 is 0. The van der Waals surface area contributed by atoms with E-state index in [0.29, 0.717) is 30.6 Å². The molecule has 0 saturated heterocycles. The lowest BCUT2D eigenvalue weighted by atomic mass is 9.65. The molecule has 1 aromatic carbocycles. The molecule has 1 fully saturated rings. The van der Waals surface area contributed by atoms with Gasteiger partial charge < -0.3 is 10.2 Å². The smallest absolute Gasteiger partial charge is 0.0791 e. The summed E-state index contributed by atoms with van der Waals surface area (Å²) in [4.78, 5) is 0. The molecule has 2 N–H and O–H groups in total. The summed E-state index contributed by atoms with van der Waals surface area (Å²) in [6.07, 6.45) is 4.05. The summed E-state index contributed by atoms with van der Waals surface area (Å²) in [5.74, 6) is 1.44. The molecule has 0 aromatic heterocycles. The number of hydrogen-bond acceptors (Lipinski definition) is 2. The van der Waals surface area contributed by atoms with Crippen molar-refractivity contribution in [2.75, 3.05) is 0 Å². The minimum absolute atomic E-state index is 0.358. The normalized spacial score (nSPS) is 31.3. The summed E-state index contributed by atoms with van der Waals surface area (Å²) in [6.45, 7) is 6.65. The van der Waals surface area contributed by atoms with Gasteiger partial charge in [0.05, 0.1) is 11.7 Å². The first-order valence-corrected chi connectivity index (χ1v) is 8.38. The number of rotatable bonds is 5. The van der Waals surface area contributed by atoms with Gasteiger partial charge in [-0.15, -0.1) is 0 Å². The van der Waals surface area contributed by atoms with Crippen LogP contribution >= 0.6 is 0 Å². The lowest BCUT2D eigenvalue weighted by molar-refractivity contribution is -0.0921. The van der Waals surface area contributed by atoms with Gasteiger partial charge in [-0.2, -0.15) is 0 Å². The Hall–Kier alpha value is -0.860. The minimum Gasteiger partial charge on any atom is -0.390 e. The SMILES string of the molecule is CC(C)[C@@H]1CC[C@@H](C)C[C@@]1(O)CC[C@@H](O)c1ccccc1. The van der Waals surface area contributed by atoms with E-state index in [1.807, 2.05) is 30.3 Å². The van der Waals surface area contributed by atoms with E-state index in [0.717, 1.165) is 18.4 Å². The van der Waals surface area contributed by atoms with Crippen LogP contribution in [0.2, 0.25) is 0 Å². The second-order valence-electron chi connectivity index (χ2n) is 7.31. The monoisotopic (exact) mass is 290 g/mol. The van der Waals surface area contributed by atoms with Crippen molar-refractivity contribution >= 4 is 0 Å². The highest BCUT2D eigenvalue weighted by Crippen LogP contribution is 2.44. The van der Waals surface area contributed by atoms with Crippen molar-refractivity contribution in [1.82, 2.24) is 0 Å². The third kappa shape index (κ3) is 4.08. The van der Waals surface area contributed by atoms with E-state index < -0.39 is 11.7 Å². The molecule has 2 rings (SSSR count). The first kappa shape index (κ1) is 16.5. The molecule has 0 heterocycles. The fourth-order valence-corrected chi connectivity index (χ4v) is 4.06. The highest BCUT2D eigenvalue weighted by Gasteiger charge is 2.42. The van der Waals surface area contributed by atoms with Crippen molar-refractivity contribution in [3.8, 4) is 0 Å². The second kappa shape index (κ2) is 6.93. The zero-order valence-electron chi connectivity index (χ0n) is 13.6. The van der Waals surface area contributed by atoms with Gasteiger partial charge in [0.2, 0.25) is 0 Å². The number of aliphatic hydroxyl groups excluding tert-OH is 1. The van der Waals surface area contributed by atoms with E-state index in [9.17, 15) is 10.2 Å². The molecule has 1 aliphatic rings. The molecule has 0 aliphatic heterocycles. The first-order chi connectivity index (χ1) is 9.92. The average molecular weight is 290 g/mol. The van der Waals surface area contributed by atoms with Crippen molar-refractivity contribution in [1.29, 1.82) is 0 Å². The molecule has 118 valence electrons. The Morgan fingerprint density at radius 1 is 1.19 bits per heavy atom. The van der Waals surface area contributed by atoms with Crippen molar-refractivity contribution in [2.24, 2.45) is 17.8 Å². The molecule has 2 nitrogen and oxygen atoms in total. The Morgan fingerprint density at radius 3 is 2.48 bits per heavy atom. The fraction of sp³-hybridized carbons (Fsp3) is 0.684. The molecule has 0 spiro atoms. The van der Waals surface area contributed by atoms with Crippen LogP contribution in [-0.2, 0) is 0 Å². The lowest BCUT2D eigenvalue weighted by Crippen LogP contribution is -2.45. The topological polar surface area (TPSA) is 40.5 Å². The maximum atomic E-state index is 11.2. The molecule has 1 saturated carbocycles. The predicted molar refractivity (Wildman–Crippen MR) is 86.9 cm³/mol. The molecule has 2 heteroatoms. The Balaban J connectivity index is 2.01. The second-order valence-corrected chi connectivity index (χ2v) is 7.31. The largest absolute Gasteiger partial charge is 0.390 e. The van der Waals surface area contributed by atoms with E-state index in [2.05, 4.69) is 20.8 Å². The Bertz CT molecular complexity index is 428. The fourth-order valence-electron chi connectivity index (χ4n) is 4.06. The Labute approximate surface area is 129 Å². The van der Waals surface area contributed by atoms with Crippen LogP contribution in [0.25, 0.3) is 0 Å².